The number of fused-ring (bicyclic) bond motifs is 1. The molecule has 4 rings (SSSR count). The zero-order valence-corrected chi connectivity index (χ0v) is 16.8. The third-order valence-corrected chi connectivity index (χ3v) is 4.66. The smallest absolute Gasteiger partial charge is 0.274 e. The maximum Gasteiger partial charge on any atom is 0.274 e. The minimum absolute atomic E-state index is 0.0439. The van der Waals surface area contributed by atoms with Crippen molar-refractivity contribution in [1.82, 2.24) is 29.3 Å². The lowest BCUT2D eigenvalue weighted by molar-refractivity contribution is 0.0780. The van der Waals surface area contributed by atoms with Gasteiger partial charge in [0.1, 0.15) is 12.3 Å². The Morgan fingerprint density at radius 2 is 2.03 bits per heavy atom. The van der Waals surface area contributed by atoms with Gasteiger partial charge in [0.2, 0.25) is 0 Å². The number of carbonyl (C=O) groups excluding carboxylic acids is 2. The van der Waals surface area contributed by atoms with Crippen LogP contribution in [0.3, 0.4) is 0 Å². The van der Waals surface area contributed by atoms with Gasteiger partial charge < -0.3 is 10.2 Å². The van der Waals surface area contributed by atoms with Crippen molar-refractivity contribution in [3.63, 3.8) is 0 Å². The van der Waals surface area contributed by atoms with Crippen LogP contribution >= 0.6 is 0 Å². The highest BCUT2D eigenvalue weighted by Gasteiger charge is 2.24. The zero-order chi connectivity index (χ0) is 23.8. The number of benzene rings is 1. The second-order valence-corrected chi connectivity index (χ2v) is 6.80. The lowest BCUT2D eigenvalue weighted by Crippen LogP contribution is -2.30. The molecule has 0 aliphatic rings. The van der Waals surface area contributed by atoms with Crippen LogP contribution in [0.4, 0.5) is 10.1 Å². The Kier molecular flexibility index (Phi) is 4.78. The second kappa shape index (κ2) is 8.34. The molecular formula is C21H20FN7O2. The summed E-state index contributed by atoms with van der Waals surface area (Å²) >= 11 is 0. The van der Waals surface area contributed by atoms with Gasteiger partial charge in [-0.25, -0.2) is 13.9 Å². The Balaban J connectivity index is 1.57. The molecule has 0 saturated carbocycles. The van der Waals surface area contributed by atoms with Crippen molar-refractivity contribution in [2.45, 2.75) is 0 Å². The highest BCUT2D eigenvalue weighted by Crippen LogP contribution is 2.19. The summed E-state index contributed by atoms with van der Waals surface area (Å²) in [7, 11) is 2.74. The maximum absolute atomic E-state index is 13.3. The number of amides is 2. The SMILES string of the molecule is [3H]C([3H])(F)CN(C)C(=O)c1cnn(C)c1C(=O)Nc1ccn2nc(-c3ccccc3)nc2c1. The van der Waals surface area contributed by atoms with E-state index in [1.54, 1.807) is 22.8 Å². The van der Waals surface area contributed by atoms with Gasteiger partial charge in [-0.05, 0) is 6.07 Å². The number of carbonyl (C=O) groups is 2. The van der Waals surface area contributed by atoms with E-state index in [2.05, 4.69) is 20.5 Å². The lowest BCUT2D eigenvalue weighted by Gasteiger charge is -2.15. The molecule has 1 aromatic carbocycles. The van der Waals surface area contributed by atoms with E-state index in [1.165, 1.54) is 25.0 Å². The molecule has 0 aliphatic heterocycles. The Hall–Kier alpha value is -4.08. The maximum atomic E-state index is 13.3. The minimum atomic E-state index is -3.07. The molecule has 10 heteroatoms. The standard InChI is InChI=1S/C21H20FN7O2/c1-27(11-9-22)21(31)16-13-23-28(2)18(16)20(30)24-15-8-10-29-17(12-15)25-19(26-29)14-6-4-3-5-7-14/h3-8,10,12-13H,9,11H2,1-2H3,(H,24,30)/i9T2. The first-order valence-corrected chi connectivity index (χ1v) is 9.32. The summed E-state index contributed by atoms with van der Waals surface area (Å²) in [4.78, 5) is 31.0. The van der Waals surface area contributed by atoms with Gasteiger partial charge in [-0.1, -0.05) is 30.3 Å². The van der Waals surface area contributed by atoms with Crippen molar-refractivity contribution in [2.75, 3.05) is 25.5 Å². The van der Waals surface area contributed by atoms with Crippen molar-refractivity contribution in [3.8, 4) is 11.4 Å². The van der Waals surface area contributed by atoms with E-state index >= 15 is 0 Å². The number of rotatable bonds is 6. The number of aryl methyl sites for hydroxylation is 1. The molecule has 1 N–H and O–H groups in total. The van der Waals surface area contributed by atoms with Crippen molar-refractivity contribution >= 4 is 23.1 Å². The third-order valence-electron chi connectivity index (χ3n) is 4.66. The van der Waals surface area contributed by atoms with Crippen LogP contribution in [0.25, 0.3) is 17.0 Å². The van der Waals surface area contributed by atoms with Gasteiger partial charge in [0, 0.05) is 44.2 Å². The van der Waals surface area contributed by atoms with E-state index in [0.717, 1.165) is 10.5 Å². The number of anilines is 1. The van der Waals surface area contributed by atoms with Gasteiger partial charge in [-0.15, -0.1) is 5.10 Å². The molecule has 0 spiro atoms. The second-order valence-electron chi connectivity index (χ2n) is 6.80. The number of nitrogens with zero attached hydrogens (tertiary/aromatic N) is 6. The molecule has 158 valence electrons. The number of pyridine rings is 1. The third kappa shape index (κ3) is 4.00. The summed E-state index contributed by atoms with van der Waals surface area (Å²) in [6.45, 7) is -3.85. The normalized spacial score (nSPS) is 12.4. The number of halogens is 1. The molecule has 0 bridgehead atoms. The average molecular weight is 425 g/mol. The summed E-state index contributed by atoms with van der Waals surface area (Å²) in [5.74, 6) is -0.799. The van der Waals surface area contributed by atoms with Gasteiger partial charge in [0.15, 0.2) is 11.5 Å². The Bertz CT molecular complexity index is 1330. The van der Waals surface area contributed by atoms with Gasteiger partial charge in [0.25, 0.3) is 11.8 Å². The first kappa shape index (κ1) is 17.8. The molecule has 0 radical (unpaired) electrons. The van der Waals surface area contributed by atoms with Crippen molar-refractivity contribution < 1.29 is 16.7 Å². The summed E-state index contributed by atoms with van der Waals surface area (Å²) < 4.78 is 30.2. The molecule has 31 heavy (non-hydrogen) atoms. The van der Waals surface area contributed by atoms with Crippen LogP contribution in [0.5, 0.6) is 0 Å². The van der Waals surface area contributed by atoms with Gasteiger partial charge in [0.05, 0.1) is 14.5 Å². The largest absolute Gasteiger partial charge is 0.339 e. The summed E-state index contributed by atoms with van der Waals surface area (Å²) in [6, 6.07) is 12.7. The molecular weight excluding hydrogens is 401 g/mol. The molecule has 0 atom stereocenters. The molecule has 0 aliphatic carbocycles. The van der Waals surface area contributed by atoms with E-state index in [-0.39, 0.29) is 11.3 Å². The first-order valence-electron chi connectivity index (χ1n) is 10.3. The molecule has 0 fully saturated rings. The Labute approximate surface area is 179 Å². The van der Waals surface area contributed by atoms with E-state index < -0.39 is 25.0 Å². The molecule has 0 saturated heterocycles. The van der Waals surface area contributed by atoms with Crippen molar-refractivity contribution in [3.05, 3.63) is 66.1 Å². The zero-order valence-electron chi connectivity index (χ0n) is 18.8. The minimum Gasteiger partial charge on any atom is -0.339 e. The number of aromatic nitrogens is 5. The van der Waals surface area contributed by atoms with Crippen LogP contribution < -0.4 is 5.32 Å². The molecule has 3 heterocycles. The fourth-order valence-electron chi connectivity index (χ4n) is 3.09. The quantitative estimate of drug-likeness (QED) is 0.512. The van der Waals surface area contributed by atoms with Crippen LogP contribution in [0.15, 0.2) is 54.9 Å². The lowest BCUT2D eigenvalue weighted by atomic mass is 10.2. The van der Waals surface area contributed by atoms with Crippen LogP contribution in [0.1, 0.15) is 23.6 Å². The highest BCUT2D eigenvalue weighted by molar-refractivity contribution is 6.11. The summed E-state index contributed by atoms with van der Waals surface area (Å²) in [6.07, 6.45) is 2.84. The summed E-state index contributed by atoms with van der Waals surface area (Å²) in [5.41, 5.74) is 1.67. The van der Waals surface area contributed by atoms with Gasteiger partial charge in [-0.3, -0.25) is 14.3 Å². The predicted molar refractivity (Wildman–Crippen MR) is 113 cm³/mol. The molecule has 3 aromatic heterocycles. The van der Waals surface area contributed by atoms with Crippen LogP contribution in [0.2, 0.25) is 0 Å². The van der Waals surface area contributed by atoms with Crippen LogP contribution in [0, 0.1) is 0 Å². The monoisotopic (exact) mass is 425 g/mol. The number of hydrogen-bond acceptors (Lipinski definition) is 5. The van der Waals surface area contributed by atoms with Crippen molar-refractivity contribution in [1.29, 1.82) is 0 Å². The Morgan fingerprint density at radius 1 is 1.26 bits per heavy atom. The van der Waals surface area contributed by atoms with E-state index in [0.29, 0.717) is 17.2 Å². The number of hydrogen-bond donors (Lipinski definition) is 1. The van der Waals surface area contributed by atoms with Crippen LogP contribution in [-0.2, 0) is 7.05 Å². The number of alkyl halides is 1. The predicted octanol–water partition coefficient (Wildman–Crippen LogP) is 2.42. The van der Waals surface area contributed by atoms with Gasteiger partial charge >= 0.3 is 0 Å². The molecule has 0 unspecified atom stereocenters. The van der Waals surface area contributed by atoms with E-state index in [4.69, 9.17) is 2.74 Å². The Morgan fingerprint density at radius 3 is 2.77 bits per heavy atom. The molecule has 2 amide bonds. The van der Waals surface area contributed by atoms with E-state index in [9.17, 15) is 14.0 Å². The van der Waals surface area contributed by atoms with Crippen LogP contribution in [-0.4, -0.2) is 61.3 Å². The van der Waals surface area contributed by atoms with Gasteiger partial charge in [-0.2, -0.15) is 5.10 Å². The van der Waals surface area contributed by atoms with E-state index in [1.807, 2.05) is 30.3 Å². The average Bonchev–Trinajstić information content (AvgIpc) is 3.35. The molecule has 9 nitrogen and oxygen atoms in total. The summed E-state index contributed by atoms with van der Waals surface area (Å²) in [5, 5.41) is 11.1. The highest BCUT2D eigenvalue weighted by atomic mass is 19.1. The number of nitrogens with one attached hydrogen (secondary N) is 1. The fourth-order valence-corrected chi connectivity index (χ4v) is 3.09. The first-order chi connectivity index (χ1) is 15.6. The molecule has 4 aromatic rings. The van der Waals surface area contributed by atoms with Crippen molar-refractivity contribution in [2.24, 2.45) is 7.05 Å². The topological polar surface area (TPSA) is 97.4 Å². The fraction of sp³-hybridized carbons (Fsp3) is 0.190.